The average molecular weight is 552 g/mol. The second kappa shape index (κ2) is 16.5. The number of carbonyl (C=O) groups is 1. The lowest BCUT2D eigenvalue weighted by molar-refractivity contribution is -0.159. The molecule has 1 unspecified atom stereocenters. The summed E-state index contributed by atoms with van der Waals surface area (Å²) in [5.74, 6) is 0.607. The van der Waals surface area contributed by atoms with Gasteiger partial charge in [-0.1, -0.05) is 45.1 Å². The first-order valence-electron chi connectivity index (χ1n) is 12.9. The number of carbonyl (C=O) groups excluding carboxylic acids is 1. The third kappa shape index (κ3) is 12.7. The maximum Gasteiger partial charge on any atom is 0.417 e. The van der Waals surface area contributed by atoms with Gasteiger partial charge in [-0.3, -0.25) is 0 Å². The van der Waals surface area contributed by atoms with Gasteiger partial charge in [0.2, 0.25) is 0 Å². The summed E-state index contributed by atoms with van der Waals surface area (Å²) in [7, 11) is 1.40. The number of thioether (sulfide) groups is 1. The number of aliphatic hydroxyl groups is 1. The molecule has 1 amide bonds. The Morgan fingerprint density at radius 3 is 2.32 bits per heavy atom. The summed E-state index contributed by atoms with van der Waals surface area (Å²) in [4.78, 5) is 12.1. The van der Waals surface area contributed by atoms with E-state index in [1.54, 1.807) is 26.8 Å². The van der Waals surface area contributed by atoms with E-state index in [0.29, 0.717) is 12.2 Å². The van der Waals surface area contributed by atoms with Crippen LogP contribution in [-0.4, -0.2) is 49.6 Å². The molecule has 1 rings (SSSR count). The molecular weight excluding hydrogens is 507 g/mol. The molecular formula is C27H44F3NO5S. The van der Waals surface area contributed by atoms with E-state index >= 15 is 0 Å². The van der Waals surface area contributed by atoms with Crippen LogP contribution in [0.15, 0.2) is 23.1 Å². The van der Waals surface area contributed by atoms with Crippen LogP contribution in [-0.2, 0) is 26.0 Å². The number of hydrogen-bond donors (Lipinski definition) is 2. The number of alkyl halides is 3. The number of ether oxygens (including phenoxy) is 3. The van der Waals surface area contributed by atoms with E-state index in [0.717, 1.165) is 38.2 Å². The smallest absolute Gasteiger partial charge is 0.417 e. The third-order valence-electron chi connectivity index (χ3n) is 5.70. The second-order valence-electron chi connectivity index (χ2n) is 10.1. The number of rotatable bonds is 17. The highest BCUT2D eigenvalue weighted by Crippen LogP contribution is 2.41. The van der Waals surface area contributed by atoms with Crippen LogP contribution in [0.2, 0.25) is 0 Å². The fourth-order valence-electron chi connectivity index (χ4n) is 3.79. The number of hydrogen-bond acceptors (Lipinski definition) is 6. The minimum Gasteiger partial charge on any atom is -0.444 e. The molecule has 0 saturated heterocycles. The Bertz CT molecular complexity index is 801. The van der Waals surface area contributed by atoms with Crippen molar-refractivity contribution in [2.75, 3.05) is 32.8 Å². The van der Waals surface area contributed by atoms with Crippen LogP contribution < -0.4 is 5.32 Å². The quantitative estimate of drug-likeness (QED) is 0.120. The first-order valence-corrected chi connectivity index (χ1v) is 13.9. The van der Waals surface area contributed by atoms with Crippen LogP contribution >= 0.6 is 11.8 Å². The molecule has 0 saturated carbocycles. The van der Waals surface area contributed by atoms with Gasteiger partial charge in [0.15, 0.2) is 0 Å². The minimum atomic E-state index is -4.56. The van der Waals surface area contributed by atoms with E-state index in [-0.39, 0.29) is 30.2 Å². The Morgan fingerprint density at radius 2 is 1.73 bits per heavy atom. The molecule has 0 fully saturated rings. The number of alkyl carbamates (subject to hydrolysis) is 1. The van der Waals surface area contributed by atoms with E-state index in [4.69, 9.17) is 14.2 Å². The van der Waals surface area contributed by atoms with Crippen molar-refractivity contribution < 1.29 is 37.3 Å². The van der Waals surface area contributed by atoms with Gasteiger partial charge in [-0.2, -0.15) is 13.2 Å². The van der Waals surface area contributed by atoms with Gasteiger partial charge in [0.25, 0.3) is 0 Å². The molecule has 2 N–H and O–H groups in total. The molecule has 0 aromatic heterocycles. The zero-order valence-electron chi connectivity index (χ0n) is 22.8. The van der Waals surface area contributed by atoms with Crippen molar-refractivity contribution in [2.45, 2.75) is 101 Å². The Hall–Kier alpha value is -1.49. The van der Waals surface area contributed by atoms with E-state index < -0.39 is 35.6 Å². The van der Waals surface area contributed by atoms with Gasteiger partial charge in [0.05, 0.1) is 12.2 Å². The van der Waals surface area contributed by atoms with Gasteiger partial charge >= 0.3 is 12.3 Å². The molecule has 0 spiro atoms. The first-order chi connectivity index (χ1) is 17.4. The maximum absolute atomic E-state index is 14.0. The summed E-state index contributed by atoms with van der Waals surface area (Å²) in [6, 6.07) is 4.10. The SMILES string of the molecule is CCCCCCCCSc1ccc(C(CO)(CCCNC(=O)OC(C)(C)C)OCOC)cc1C(F)(F)F. The molecule has 1 atom stereocenters. The van der Waals surface area contributed by atoms with E-state index in [1.165, 1.54) is 31.4 Å². The van der Waals surface area contributed by atoms with Crippen molar-refractivity contribution in [3.05, 3.63) is 29.3 Å². The summed E-state index contributed by atoms with van der Waals surface area (Å²) < 4.78 is 58.0. The maximum atomic E-state index is 14.0. The minimum absolute atomic E-state index is 0.157. The molecule has 37 heavy (non-hydrogen) atoms. The zero-order chi connectivity index (χ0) is 28.0. The van der Waals surface area contributed by atoms with Crippen LogP contribution in [0.1, 0.15) is 90.2 Å². The van der Waals surface area contributed by atoms with Crippen molar-refractivity contribution >= 4 is 17.9 Å². The van der Waals surface area contributed by atoms with Crippen LogP contribution in [0.4, 0.5) is 18.0 Å². The van der Waals surface area contributed by atoms with Gasteiger partial charge in [0.1, 0.15) is 18.0 Å². The van der Waals surface area contributed by atoms with Crippen molar-refractivity contribution in [3.8, 4) is 0 Å². The number of nitrogens with one attached hydrogen (secondary N) is 1. The summed E-state index contributed by atoms with van der Waals surface area (Å²) in [5.41, 5.74) is -2.61. The summed E-state index contributed by atoms with van der Waals surface area (Å²) >= 11 is 1.20. The fraction of sp³-hybridized carbons (Fsp3) is 0.741. The van der Waals surface area contributed by atoms with Crippen molar-refractivity contribution in [2.24, 2.45) is 0 Å². The Labute approximate surface area is 224 Å². The lowest BCUT2D eigenvalue weighted by Crippen LogP contribution is -2.37. The molecule has 6 nitrogen and oxygen atoms in total. The van der Waals surface area contributed by atoms with E-state index in [2.05, 4.69) is 12.2 Å². The molecule has 0 aliphatic carbocycles. The normalized spacial score (nSPS) is 13.9. The Kier molecular flexibility index (Phi) is 14.9. The van der Waals surface area contributed by atoms with Crippen LogP contribution in [0.25, 0.3) is 0 Å². The molecule has 214 valence electrons. The van der Waals surface area contributed by atoms with Crippen molar-refractivity contribution in [1.82, 2.24) is 5.32 Å². The molecule has 0 aliphatic heterocycles. The predicted molar refractivity (Wildman–Crippen MR) is 141 cm³/mol. The van der Waals surface area contributed by atoms with E-state index in [1.807, 2.05) is 0 Å². The molecule has 0 bridgehead atoms. The fourth-order valence-corrected chi connectivity index (χ4v) is 4.85. The zero-order valence-corrected chi connectivity index (χ0v) is 23.7. The van der Waals surface area contributed by atoms with Crippen LogP contribution in [0, 0.1) is 0 Å². The van der Waals surface area contributed by atoms with Crippen molar-refractivity contribution in [1.29, 1.82) is 0 Å². The highest BCUT2D eigenvalue weighted by atomic mass is 32.2. The van der Waals surface area contributed by atoms with Gasteiger partial charge < -0.3 is 24.6 Å². The van der Waals surface area contributed by atoms with Gasteiger partial charge in [-0.15, -0.1) is 11.8 Å². The van der Waals surface area contributed by atoms with Gasteiger partial charge in [-0.05, 0) is 63.5 Å². The summed E-state index contributed by atoms with van der Waals surface area (Å²) in [5, 5.41) is 12.9. The molecule has 1 aromatic carbocycles. The molecule has 10 heteroatoms. The van der Waals surface area contributed by atoms with Crippen molar-refractivity contribution in [3.63, 3.8) is 0 Å². The number of aliphatic hydroxyl groups excluding tert-OH is 1. The molecule has 0 radical (unpaired) electrons. The third-order valence-corrected chi connectivity index (χ3v) is 6.86. The lowest BCUT2D eigenvalue weighted by atomic mass is 9.88. The Balaban J connectivity index is 2.99. The monoisotopic (exact) mass is 551 g/mol. The van der Waals surface area contributed by atoms with Crippen LogP contribution in [0.3, 0.4) is 0 Å². The van der Waals surface area contributed by atoms with Gasteiger partial charge in [0, 0.05) is 18.6 Å². The largest absolute Gasteiger partial charge is 0.444 e. The number of methoxy groups -OCH3 is 1. The molecule has 0 aliphatic rings. The topological polar surface area (TPSA) is 77.0 Å². The number of halogens is 3. The Morgan fingerprint density at radius 1 is 1.05 bits per heavy atom. The average Bonchev–Trinajstić information content (AvgIpc) is 2.81. The highest BCUT2D eigenvalue weighted by Gasteiger charge is 2.38. The predicted octanol–water partition coefficient (Wildman–Crippen LogP) is 7.27. The van der Waals surface area contributed by atoms with Gasteiger partial charge in [-0.25, -0.2) is 4.79 Å². The van der Waals surface area contributed by atoms with E-state index in [9.17, 15) is 23.1 Å². The molecule has 1 aromatic rings. The number of unbranched alkanes of at least 4 members (excludes halogenated alkanes) is 5. The highest BCUT2D eigenvalue weighted by molar-refractivity contribution is 7.99. The summed E-state index contributed by atoms with van der Waals surface area (Å²) in [6.45, 7) is 6.82. The standard InChI is InChI=1S/C27H44F3NO5S/c1-6-7-8-9-10-11-17-37-23-14-13-21(18-22(23)27(28,29)30)26(19-32,35-20-34-5)15-12-16-31-24(33)36-25(2,3)4/h13-14,18,32H,6-12,15-17,19-20H2,1-5H3,(H,31,33). The summed E-state index contributed by atoms with van der Waals surface area (Å²) in [6.07, 6.45) is 1.79. The first kappa shape index (κ1) is 33.5. The number of amides is 1. The number of benzene rings is 1. The second-order valence-corrected chi connectivity index (χ2v) is 11.2. The van der Waals surface area contributed by atoms with Crippen LogP contribution in [0.5, 0.6) is 0 Å². The lowest BCUT2D eigenvalue weighted by Gasteiger charge is -2.33. The molecule has 0 heterocycles.